The van der Waals surface area contributed by atoms with E-state index in [1.165, 1.54) is 42.5 Å². The van der Waals surface area contributed by atoms with Gasteiger partial charge in [-0.2, -0.15) is 0 Å². The standard InChI is InChI=1S/C17H18Cl2N2O3S/c1-3-11(2)20-17(22)15-10-13(6-9-16(15)19)21-25(23,24)14-7-4-12(18)5-8-14/h4-11,21H,3H2,1-2H3,(H,20,22). The summed E-state index contributed by atoms with van der Waals surface area (Å²) in [6.45, 7) is 3.82. The molecule has 0 bridgehead atoms. The molecule has 0 saturated carbocycles. The second kappa shape index (κ2) is 8.08. The molecule has 0 aliphatic heterocycles. The Kier molecular flexibility index (Phi) is 6.32. The van der Waals surface area contributed by atoms with Gasteiger partial charge in [-0.15, -0.1) is 0 Å². The summed E-state index contributed by atoms with van der Waals surface area (Å²) in [6.07, 6.45) is 0.770. The normalized spacial score (nSPS) is 12.5. The van der Waals surface area contributed by atoms with E-state index in [1.807, 2.05) is 13.8 Å². The number of hydrogen-bond acceptors (Lipinski definition) is 3. The third-order valence-corrected chi connectivity index (χ3v) is 5.56. The highest BCUT2D eigenvalue weighted by atomic mass is 35.5. The Morgan fingerprint density at radius 3 is 2.36 bits per heavy atom. The number of halogens is 2. The molecule has 1 amide bonds. The summed E-state index contributed by atoms with van der Waals surface area (Å²) < 4.78 is 27.3. The molecular weight excluding hydrogens is 383 g/mol. The van der Waals surface area contributed by atoms with E-state index in [-0.39, 0.29) is 33.1 Å². The zero-order valence-electron chi connectivity index (χ0n) is 13.7. The number of benzene rings is 2. The Labute approximate surface area is 157 Å². The molecule has 134 valence electrons. The van der Waals surface area contributed by atoms with Gasteiger partial charge in [-0.25, -0.2) is 8.42 Å². The van der Waals surface area contributed by atoms with Gasteiger partial charge in [0.25, 0.3) is 15.9 Å². The van der Waals surface area contributed by atoms with E-state index in [1.54, 1.807) is 0 Å². The molecule has 0 saturated heterocycles. The van der Waals surface area contributed by atoms with E-state index in [4.69, 9.17) is 23.2 Å². The summed E-state index contributed by atoms with van der Waals surface area (Å²) >= 11 is 11.8. The lowest BCUT2D eigenvalue weighted by atomic mass is 10.1. The van der Waals surface area contributed by atoms with Crippen LogP contribution >= 0.6 is 23.2 Å². The van der Waals surface area contributed by atoms with E-state index in [9.17, 15) is 13.2 Å². The maximum atomic E-state index is 12.4. The number of amides is 1. The molecule has 0 aliphatic rings. The third-order valence-electron chi connectivity index (χ3n) is 3.58. The SMILES string of the molecule is CCC(C)NC(=O)c1cc(NS(=O)(=O)c2ccc(Cl)cc2)ccc1Cl. The Morgan fingerprint density at radius 1 is 1.12 bits per heavy atom. The number of rotatable bonds is 6. The second-order valence-electron chi connectivity index (χ2n) is 5.54. The van der Waals surface area contributed by atoms with Crippen molar-refractivity contribution >= 4 is 44.8 Å². The minimum Gasteiger partial charge on any atom is -0.350 e. The van der Waals surface area contributed by atoms with Gasteiger partial charge in [0.1, 0.15) is 0 Å². The average molecular weight is 401 g/mol. The first-order valence-corrected chi connectivity index (χ1v) is 9.85. The quantitative estimate of drug-likeness (QED) is 0.757. The molecule has 0 fully saturated rings. The number of nitrogens with one attached hydrogen (secondary N) is 2. The smallest absolute Gasteiger partial charge is 0.261 e. The molecule has 2 aromatic rings. The van der Waals surface area contributed by atoms with Crippen molar-refractivity contribution in [2.75, 3.05) is 4.72 Å². The highest BCUT2D eigenvalue weighted by molar-refractivity contribution is 7.92. The van der Waals surface area contributed by atoms with Crippen molar-refractivity contribution in [3.8, 4) is 0 Å². The maximum absolute atomic E-state index is 12.4. The topological polar surface area (TPSA) is 75.3 Å². The van der Waals surface area contributed by atoms with Gasteiger partial charge in [0.2, 0.25) is 0 Å². The first-order valence-electron chi connectivity index (χ1n) is 7.61. The molecule has 2 aromatic carbocycles. The average Bonchev–Trinajstić information content (AvgIpc) is 2.56. The van der Waals surface area contributed by atoms with Gasteiger partial charge in [0.05, 0.1) is 15.5 Å². The number of sulfonamides is 1. The highest BCUT2D eigenvalue weighted by Gasteiger charge is 2.17. The summed E-state index contributed by atoms with van der Waals surface area (Å²) in [5, 5.41) is 3.48. The third kappa shape index (κ3) is 5.11. The first kappa shape index (κ1) is 19.6. The Hall–Kier alpha value is -1.76. The van der Waals surface area contributed by atoms with Crippen LogP contribution in [-0.4, -0.2) is 20.4 Å². The van der Waals surface area contributed by atoms with Gasteiger partial charge in [0, 0.05) is 16.8 Å². The molecule has 1 unspecified atom stereocenters. The first-order chi connectivity index (χ1) is 11.7. The predicted molar refractivity (Wildman–Crippen MR) is 101 cm³/mol. The Morgan fingerprint density at radius 2 is 1.76 bits per heavy atom. The molecule has 1 atom stereocenters. The molecule has 5 nitrogen and oxygen atoms in total. The lowest BCUT2D eigenvalue weighted by molar-refractivity contribution is 0.0939. The fraction of sp³-hybridized carbons (Fsp3) is 0.235. The number of carbonyl (C=O) groups is 1. The van der Waals surface area contributed by atoms with Gasteiger partial charge >= 0.3 is 0 Å². The van der Waals surface area contributed by atoms with Crippen molar-refractivity contribution in [1.29, 1.82) is 0 Å². The van der Waals surface area contributed by atoms with Crippen molar-refractivity contribution in [2.24, 2.45) is 0 Å². The fourth-order valence-electron chi connectivity index (χ4n) is 1.99. The van der Waals surface area contributed by atoms with Crippen LogP contribution in [0.2, 0.25) is 10.0 Å². The number of anilines is 1. The van der Waals surface area contributed by atoms with Crippen LogP contribution in [0.1, 0.15) is 30.6 Å². The molecule has 0 aliphatic carbocycles. The van der Waals surface area contributed by atoms with Crippen LogP contribution in [0.3, 0.4) is 0 Å². The van der Waals surface area contributed by atoms with Crippen LogP contribution in [0.15, 0.2) is 47.4 Å². The van der Waals surface area contributed by atoms with Gasteiger partial charge in [-0.05, 0) is 55.8 Å². The Bertz CT molecular complexity index is 868. The summed E-state index contributed by atoms with van der Waals surface area (Å²) in [5.41, 5.74) is 0.451. The van der Waals surface area contributed by atoms with Gasteiger partial charge in [-0.3, -0.25) is 9.52 Å². The largest absolute Gasteiger partial charge is 0.350 e. The molecule has 0 aromatic heterocycles. The summed E-state index contributed by atoms with van der Waals surface area (Å²) in [7, 11) is -3.80. The van der Waals surface area contributed by atoms with E-state index in [0.717, 1.165) is 6.42 Å². The minimum atomic E-state index is -3.80. The molecule has 0 spiro atoms. The van der Waals surface area contributed by atoms with Gasteiger partial charge < -0.3 is 5.32 Å². The van der Waals surface area contributed by atoms with E-state index in [2.05, 4.69) is 10.0 Å². The minimum absolute atomic E-state index is 0.0158. The van der Waals surface area contributed by atoms with Crippen molar-refractivity contribution in [3.63, 3.8) is 0 Å². The van der Waals surface area contributed by atoms with Crippen LogP contribution < -0.4 is 10.0 Å². The van der Waals surface area contributed by atoms with Crippen LogP contribution in [0.4, 0.5) is 5.69 Å². The maximum Gasteiger partial charge on any atom is 0.261 e. The summed E-state index contributed by atoms with van der Waals surface area (Å²) in [5.74, 6) is -0.355. The Balaban J connectivity index is 2.27. The van der Waals surface area contributed by atoms with Crippen molar-refractivity contribution in [1.82, 2.24) is 5.32 Å². The van der Waals surface area contributed by atoms with E-state index >= 15 is 0 Å². The van der Waals surface area contributed by atoms with Crippen LogP contribution in [0, 0.1) is 0 Å². The monoisotopic (exact) mass is 400 g/mol. The molecule has 0 radical (unpaired) electrons. The zero-order valence-corrected chi connectivity index (χ0v) is 16.0. The van der Waals surface area contributed by atoms with Crippen LogP contribution in [0.25, 0.3) is 0 Å². The summed E-state index contributed by atoms with van der Waals surface area (Å²) in [6, 6.07) is 10.1. The van der Waals surface area contributed by atoms with Crippen molar-refractivity contribution in [2.45, 2.75) is 31.2 Å². The number of hydrogen-bond donors (Lipinski definition) is 2. The number of carbonyl (C=O) groups excluding carboxylic acids is 1. The van der Waals surface area contributed by atoms with Crippen LogP contribution in [-0.2, 0) is 10.0 Å². The van der Waals surface area contributed by atoms with Gasteiger partial charge in [-0.1, -0.05) is 30.1 Å². The zero-order chi connectivity index (χ0) is 18.6. The molecule has 2 N–H and O–H groups in total. The summed E-state index contributed by atoms with van der Waals surface area (Å²) in [4.78, 5) is 12.3. The predicted octanol–water partition coefficient (Wildman–Crippen LogP) is 4.32. The molecule has 25 heavy (non-hydrogen) atoms. The lowest BCUT2D eigenvalue weighted by Crippen LogP contribution is -2.32. The van der Waals surface area contributed by atoms with Crippen LogP contribution in [0.5, 0.6) is 0 Å². The molecule has 0 heterocycles. The van der Waals surface area contributed by atoms with E-state index in [0.29, 0.717) is 5.02 Å². The molecule has 2 rings (SSSR count). The van der Waals surface area contributed by atoms with E-state index < -0.39 is 10.0 Å². The highest BCUT2D eigenvalue weighted by Crippen LogP contribution is 2.23. The second-order valence-corrected chi connectivity index (χ2v) is 8.06. The van der Waals surface area contributed by atoms with Crippen molar-refractivity contribution in [3.05, 3.63) is 58.1 Å². The fourth-order valence-corrected chi connectivity index (χ4v) is 3.37. The molecular formula is C17H18Cl2N2O3S. The van der Waals surface area contributed by atoms with Gasteiger partial charge in [0.15, 0.2) is 0 Å². The van der Waals surface area contributed by atoms with Crippen molar-refractivity contribution < 1.29 is 13.2 Å². The molecule has 8 heteroatoms. The lowest BCUT2D eigenvalue weighted by Gasteiger charge is -2.14.